The molecule has 15 heavy (non-hydrogen) atoms. The topological polar surface area (TPSA) is 42.3 Å². The third-order valence-electron chi connectivity index (χ3n) is 2.38. The van der Waals surface area contributed by atoms with E-state index in [1.807, 2.05) is 25.1 Å². The van der Waals surface area contributed by atoms with Gasteiger partial charge in [0.15, 0.2) is 11.5 Å². The first-order valence-electron chi connectivity index (χ1n) is 4.71. The van der Waals surface area contributed by atoms with Crippen molar-refractivity contribution < 1.29 is 9.47 Å². The molecule has 81 valence electrons. The van der Waals surface area contributed by atoms with Gasteiger partial charge in [-0.1, -0.05) is 6.07 Å². The first-order chi connectivity index (χ1) is 7.10. The maximum absolute atomic E-state index is 7.55. The molecule has 1 rings (SSSR count). The van der Waals surface area contributed by atoms with E-state index < -0.39 is 0 Å². The van der Waals surface area contributed by atoms with Gasteiger partial charge in [0, 0.05) is 11.6 Å². The van der Waals surface area contributed by atoms with Crippen LogP contribution in [-0.2, 0) is 0 Å². The smallest absolute Gasteiger partial charge is 0.161 e. The molecule has 1 aromatic rings. The third kappa shape index (κ3) is 2.49. The fraction of sp³-hybridized carbons (Fsp3) is 0.333. The van der Waals surface area contributed by atoms with Crippen molar-refractivity contribution in [3.8, 4) is 11.5 Å². The summed E-state index contributed by atoms with van der Waals surface area (Å²) >= 11 is 0. The molecule has 1 radical (unpaired) electrons. The third-order valence-corrected chi connectivity index (χ3v) is 2.38. The average Bonchev–Trinajstić information content (AvgIpc) is 2.26. The van der Waals surface area contributed by atoms with Crippen molar-refractivity contribution in [1.82, 2.24) is 0 Å². The molecule has 1 N–H and O–H groups in total. The highest BCUT2D eigenvalue weighted by Crippen LogP contribution is 2.30. The summed E-state index contributed by atoms with van der Waals surface area (Å²) < 4.78 is 10.3. The van der Waals surface area contributed by atoms with E-state index in [2.05, 4.69) is 0 Å². The zero-order valence-corrected chi connectivity index (χ0v) is 9.55. The van der Waals surface area contributed by atoms with Gasteiger partial charge >= 0.3 is 0 Å². The standard InChI is InChI=1S/C12H16NO2/c1-8(9(2)13)10-5-6-11(14-3)12(7-10)15-4/h5-7,13H,1-4H3. The molecule has 0 saturated carbocycles. The highest BCUT2D eigenvalue weighted by Gasteiger charge is 2.11. The van der Waals surface area contributed by atoms with Gasteiger partial charge in [-0.3, -0.25) is 0 Å². The highest BCUT2D eigenvalue weighted by molar-refractivity contribution is 5.95. The minimum atomic E-state index is 0.558. The minimum absolute atomic E-state index is 0.558. The number of rotatable bonds is 4. The van der Waals surface area contributed by atoms with Crippen molar-refractivity contribution in [3.05, 3.63) is 29.7 Å². The summed E-state index contributed by atoms with van der Waals surface area (Å²) in [6, 6.07) is 5.65. The van der Waals surface area contributed by atoms with Gasteiger partial charge in [0.05, 0.1) is 14.2 Å². The first-order valence-corrected chi connectivity index (χ1v) is 4.71. The molecule has 3 heteroatoms. The lowest BCUT2D eigenvalue weighted by Crippen LogP contribution is -2.05. The molecule has 0 fully saturated rings. The average molecular weight is 206 g/mol. The van der Waals surface area contributed by atoms with Crippen LogP contribution in [0, 0.1) is 11.3 Å². The van der Waals surface area contributed by atoms with Crippen LogP contribution in [0.5, 0.6) is 11.5 Å². The summed E-state index contributed by atoms with van der Waals surface area (Å²) in [6.45, 7) is 3.69. The van der Waals surface area contributed by atoms with Crippen molar-refractivity contribution in [2.24, 2.45) is 0 Å². The van der Waals surface area contributed by atoms with Crippen LogP contribution in [0.1, 0.15) is 19.4 Å². The molecule has 0 saturated heterocycles. The Morgan fingerprint density at radius 1 is 1.07 bits per heavy atom. The summed E-state index contributed by atoms with van der Waals surface area (Å²) in [5, 5.41) is 7.55. The molecule has 3 nitrogen and oxygen atoms in total. The Morgan fingerprint density at radius 2 is 1.67 bits per heavy atom. The zero-order chi connectivity index (χ0) is 11.4. The highest BCUT2D eigenvalue weighted by atomic mass is 16.5. The predicted molar refractivity (Wildman–Crippen MR) is 61.0 cm³/mol. The van der Waals surface area contributed by atoms with E-state index in [4.69, 9.17) is 14.9 Å². The van der Waals surface area contributed by atoms with Gasteiger partial charge in [0.2, 0.25) is 0 Å². The number of methoxy groups -OCH3 is 2. The molecule has 0 bridgehead atoms. The first kappa shape index (κ1) is 11.6. The van der Waals surface area contributed by atoms with Crippen LogP contribution in [-0.4, -0.2) is 19.9 Å². The van der Waals surface area contributed by atoms with Crippen molar-refractivity contribution in [2.75, 3.05) is 14.2 Å². The monoisotopic (exact) mass is 206 g/mol. The molecule has 0 atom stereocenters. The Labute approximate surface area is 90.5 Å². The van der Waals surface area contributed by atoms with E-state index in [1.54, 1.807) is 21.1 Å². The molecule has 0 aliphatic carbocycles. The Balaban J connectivity index is 3.07. The Bertz CT molecular complexity index is 361. The van der Waals surface area contributed by atoms with Crippen LogP contribution in [0.15, 0.2) is 18.2 Å². The molecule has 0 unspecified atom stereocenters. The van der Waals surface area contributed by atoms with Crippen molar-refractivity contribution in [1.29, 1.82) is 5.41 Å². The van der Waals surface area contributed by atoms with Gasteiger partial charge in [-0.2, -0.15) is 0 Å². The van der Waals surface area contributed by atoms with Crippen LogP contribution in [0.4, 0.5) is 0 Å². The molecular formula is C12H16NO2. The van der Waals surface area contributed by atoms with E-state index in [0.29, 0.717) is 17.2 Å². The van der Waals surface area contributed by atoms with Crippen LogP contribution in [0.3, 0.4) is 0 Å². The summed E-state index contributed by atoms with van der Waals surface area (Å²) in [5.74, 6) is 2.34. The second-order valence-corrected chi connectivity index (χ2v) is 3.32. The second kappa shape index (κ2) is 4.82. The largest absolute Gasteiger partial charge is 0.493 e. The molecular weight excluding hydrogens is 190 g/mol. The number of benzene rings is 1. The Hall–Kier alpha value is -1.51. The Kier molecular flexibility index (Phi) is 3.72. The molecule has 0 amide bonds. The normalized spacial score (nSPS) is 10.2. The number of hydrogen-bond acceptors (Lipinski definition) is 3. The van der Waals surface area contributed by atoms with Crippen molar-refractivity contribution in [3.63, 3.8) is 0 Å². The maximum atomic E-state index is 7.55. The van der Waals surface area contributed by atoms with Gasteiger partial charge in [-0.05, 0) is 31.5 Å². The molecule has 0 heterocycles. The van der Waals surface area contributed by atoms with Gasteiger partial charge in [0.1, 0.15) is 0 Å². The summed E-state index contributed by atoms with van der Waals surface area (Å²) in [6.07, 6.45) is 0. The molecule has 0 aliphatic rings. The number of hydrogen-bond donors (Lipinski definition) is 1. The van der Waals surface area contributed by atoms with Gasteiger partial charge in [-0.15, -0.1) is 0 Å². The number of ether oxygens (including phenoxy) is 2. The van der Waals surface area contributed by atoms with Crippen LogP contribution < -0.4 is 9.47 Å². The molecule has 0 spiro atoms. The van der Waals surface area contributed by atoms with E-state index in [9.17, 15) is 0 Å². The second-order valence-electron chi connectivity index (χ2n) is 3.32. The fourth-order valence-corrected chi connectivity index (χ4v) is 1.29. The Morgan fingerprint density at radius 3 is 2.13 bits per heavy atom. The molecule has 0 aromatic heterocycles. The van der Waals surface area contributed by atoms with Gasteiger partial charge in [0.25, 0.3) is 0 Å². The van der Waals surface area contributed by atoms with Gasteiger partial charge in [-0.25, -0.2) is 0 Å². The lowest BCUT2D eigenvalue weighted by atomic mass is 9.97. The predicted octanol–water partition coefficient (Wildman–Crippen LogP) is 2.69. The maximum Gasteiger partial charge on any atom is 0.161 e. The lowest BCUT2D eigenvalue weighted by molar-refractivity contribution is 0.354. The van der Waals surface area contributed by atoms with Crippen LogP contribution in [0.25, 0.3) is 0 Å². The van der Waals surface area contributed by atoms with Crippen molar-refractivity contribution in [2.45, 2.75) is 13.8 Å². The van der Waals surface area contributed by atoms with Crippen LogP contribution >= 0.6 is 0 Å². The molecule has 0 aliphatic heterocycles. The lowest BCUT2D eigenvalue weighted by Gasteiger charge is -2.13. The minimum Gasteiger partial charge on any atom is -0.493 e. The van der Waals surface area contributed by atoms with E-state index in [1.165, 1.54) is 0 Å². The SMILES string of the molecule is COc1ccc([C](C)C(C)=N)cc1OC. The van der Waals surface area contributed by atoms with Gasteiger partial charge < -0.3 is 14.9 Å². The fourth-order valence-electron chi connectivity index (χ4n) is 1.29. The van der Waals surface area contributed by atoms with E-state index in [0.717, 1.165) is 11.5 Å². The summed E-state index contributed by atoms with van der Waals surface area (Å²) in [5.41, 5.74) is 1.54. The zero-order valence-electron chi connectivity index (χ0n) is 9.55. The number of nitrogens with one attached hydrogen (secondary N) is 1. The van der Waals surface area contributed by atoms with Crippen molar-refractivity contribution >= 4 is 5.71 Å². The quantitative estimate of drug-likeness (QED) is 0.769. The van der Waals surface area contributed by atoms with Crippen LogP contribution in [0.2, 0.25) is 0 Å². The van der Waals surface area contributed by atoms with E-state index >= 15 is 0 Å². The summed E-state index contributed by atoms with van der Waals surface area (Å²) in [4.78, 5) is 0. The van der Waals surface area contributed by atoms with E-state index in [-0.39, 0.29) is 0 Å². The summed E-state index contributed by atoms with van der Waals surface area (Å²) in [7, 11) is 3.21. The molecule has 1 aromatic carbocycles.